The molecule has 1 nitrogen and oxygen atoms in total. The van der Waals surface area contributed by atoms with Crippen LogP contribution in [0.25, 0.3) is 0 Å². The smallest absolute Gasteiger partial charge is 0.0869 e. The van der Waals surface area contributed by atoms with Gasteiger partial charge >= 0.3 is 0 Å². The van der Waals surface area contributed by atoms with Gasteiger partial charge in [-0.2, -0.15) is 0 Å². The maximum atomic E-state index is 10.1. The molecule has 1 N–H and O–H groups in total. The van der Waals surface area contributed by atoms with Crippen molar-refractivity contribution in [2.24, 2.45) is 0 Å². The van der Waals surface area contributed by atoms with Crippen molar-refractivity contribution in [3.8, 4) is 0 Å². The minimum Gasteiger partial charge on any atom is -0.388 e. The van der Waals surface area contributed by atoms with Crippen molar-refractivity contribution >= 4 is 22.6 Å². The molecule has 1 aliphatic carbocycles. The second kappa shape index (κ2) is 4.62. The van der Waals surface area contributed by atoms with E-state index in [1.54, 1.807) is 0 Å². The Labute approximate surface area is 98.7 Å². The van der Waals surface area contributed by atoms with E-state index < -0.39 is 6.10 Å². The van der Waals surface area contributed by atoms with E-state index in [1.165, 1.54) is 0 Å². The molecule has 1 aromatic rings. The van der Waals surface area contributed by atoms with E-state index in [9.17, 15) is 5.11 Å². The molecule has 14 heavy (non-hydrogen) atoms. The molecule has 1 saturated carbocycles. The second-order valence-electron chi connectivity index (χ2n) is 3.14. The number of hydrogen-bond acceptors (Lipinski definition) is 1. The molecule has 1 aliphatic rings. The molecular formula is C12H10IO. The van der Waals surface area contributed by atoms with Crippen LogP contribution in [0, 0.1) is 29.1 Å². The van der Waals surface area contributed by atoms with Gasteiger partial charge in [0.1, 0.15) is 0 Å². The van der Waals surface area contributed by atoms with Gasteiger partial charge in [-0.15, -0.1) is 0 Å². The average molecular weight is 297 g/mol. The Bertz CT molecular complexity index is 286. The molecule has 1 aromatic carbocycles. The molecule has 0 amide bonds. The first-order valence-electron chi connectivity index (χ1n) is 4.43. The van der Waals surface area contributed by atoms with E-state index in [1.807, 2.05) is 49.6 Å². The summed E-state index contributed by atoms with van der Waals surface area (Å²) in [6.07, 6.45) is 5.42. The summed E-state index contributed by atoms with van der Waals surface area (Å²) >= 11 is 2.24. The second-order valence-corrected chi connectivity index (χ2v) is 4.30. The standard InChI is InChI=1S/C12H10IO/c13-11-8-4-7-10(11)12(14)9-5-2-1-3-6-9/h1-8,12,14H. The predicted octanol–water partition coefficient (Wildman–Crippen LogP) is 2.89. The Morgan fingerprint density at radius 3 is 2.36 bits per heavy atom. The zero-order valence-electron chi connectivity index (χ0n) is 7.52. The number of hydrogen-bond donors (Lipinski definition) is 1. The molecular weight excluding hydrogens is 287 g/mol. The van der Waals surface area contributed by atoms with Crippen molar-refractivity contribution in [3.05, 3.63) is 65.0 Å². The van der Waals surface area contributed by atoms with Crippen LogP contribution in [-0.2, 0) is 0 Å². The van der Waals surface area contributed by atoms with Crippen LogP contribution in [0.4, 0.5) is 0 Å². The largest absolute Gasteiger partial charge is 0.388 e. The summed E-state index contributed by atoms with van der Waals surface area (Å²) in [5, 5.41) is 10.1. The van der Waals surface area contributed by atoms with Gasteiger partial charge < -0.3 is 5.11 Å². The summed E-state index contributed by atoms with van der Waals surface area (Å²) in [6, 6.07) is 9.70. The van der Waals surface area contributed by atoms with E-state index in [4.69, 9.17) is 0 Å². The van der Waals surface area contributed by atoms with Crippen molar-refractivity contribution in [2.45, 2.75) is 6.10 Å². The lowest BCUT2D eigenvalue weighted by atomic mass is 9.94. The quantitative estimate of drug-likeness (QED) is 0.832. The van der Waals surface area contributed by atoms with Gasteiger partial charge in [-0.25, -0.2) is 0 Å². The van der Waals surface area contributed by atoms with Crippen LogP contribution >= 0.6 is 22.6 Å². The molecule has 0 spiro atoms. The van der Waals surface area contributed by atoms with Crippen LogP contribution < -0.4 is 0 Å². The maximum absolute atomic E-state index is 10.1. The summed E-state index contributed by atoms with van der Waals surface area (Å²) in [4.78, 5) is 0. The monoisotopic (exact) mass is 297 g/mol. The number of halogens is 1. The third-order valence-electron chi connectivity index (χ3n) is 2.20. The number of benzene rings is 1. The minimum absolute atomic E-state index is 0.502. The highest BCUT2D eigenvalue weighted by Crippen LogP contribution is 2.45. The van der Waals surface area contributed by atoms with Gasteiger partial charge in [0, 0.05) is 5.92 Å². The normalized spacial score (nSPS) is 21.3. The fourth-order valence-corrected chi connectivity index (χ4v) is 2.13. The SMILES string of the molecule is OC([C]1[CH][CH][CH][C]1I)c1ccccc1. The topological polar surface area (TPSA) is 20.2 Å². The molecule has 2 rings (SSSR count). The number of rotatable bonds is 2. The highest BCUT2D eigenvalue weighted by atomic mass is 127. The molecule has 0 bridgehead atoms. The Morgan fingerprint density at radius 1 is 1.07 bits per heavy atom. The fraction of sp³-hybridized carbons (Fsp3) is 0.0833. The van der Waals surface area contributed by atoms with E-state index in [2.05, 4.69) is 22.6 Å². The van der Waals surface area contributed by atoms with Gasteiger partial charge in [-0.3, -0.25) is 0 Å². The lowest BCUT2D eigenvalue weighted by Gasteiger charge is -2.19. The van der Waals surface area contributed by atoms with Crippen LogP contribution in [0.5, 0.6) is 0 Å². The molecule has 1 atom stereocenters. The number of aliphatic hydroxyl groups excluding tert-OH is 1. The van der Waals surface area contributed by atoms with Crippen LogP contribution in [0.1, 0.15) is 11.7 Å². The van der Waals surface area contributed by atoms with Gasteiger partial charge in [-0.05, 0) is 24.8 Å². The van der Waals surface area contributed by atoms with Crippen LogP contribution in [0.3, 0.4) is 0 Å². The summed E-state index contributed by atoms with van der Waals surface area (Å²) in [6.45, 7) is 0. The molecule has 0 aromatic heterocycles. The van der Waals surface area contributed by atoms with Crippen molar-refractivity contribution < 1.29 is 5.11 Å². The summed E-state index contributed by atoms with van der Waals surface area (Å²) in [5.41, 5.74) is 0.941. The van der Waals surface area contributed by atoms with Crippen LogP contribution in [-0.4, -0.2) is 5.11 Å². The lowest BCUT2D eigenvalue weighted by Crippen LogP contribution is -2.10. The van der Waals surface area contributed by atoms with E-state index in [0.29, 0.717) is 0 Å². The van der Waals surface area contributed by atoms with Crippen LogP contribution in [0.15, 0.2) is 30.3 Å². The summed E-state index contributed by atoms with van der Waals surface area (Å²) in [5.74, 6) is 0.983. The molecule has 71 valence electrons. The summed E-state index contributed by atoms with van der Waals surface area (Å²) < 4.78 is 1.11. The highest BCUT2D eigenvalue weighted by molar-refractivity contribution is 14.1. The maximum Gasteiger partial charge on any atom is 0.0869 e. The molecule has 0 saturated heterocycles. The number of aliphatic hydroxyl groups is 1. The first kappa shape index (κ1) is 10.4. The highest BCUT2D eigenvalue weighted by Gasteiger charge is 2.33. The lowest BCUT2D eigenvalue weighted by molar-refractivity contribution is 0.200. The third kappa shape index (κ3) is 2.11. The van der Waals surface area contributed by atoms with Crippen molar-refractivity contribution in [1.29, 1.82) is 0 Å². The molecule has 1 unspecified atom stereocenters. The van der Waals surface area contributed by atoms with Gasteiger partial charge in [0.25, 0.3) is 0 Å². The van der Waals surface area contributed by atoms with Crippen molar-refractivity contribution in [3.63, 3.8) is 0 Å². The fourth-order valence-electron chi connectivity index (χ4n) is 1.45. The third-order valence-corrected chi connectivity index (χ3v) is 3.19. The van der Waals surface area contributed by atoms with Crippen molar-refractivity contribution in [2.75, 3.05) is 0 Å². The van der Waals surface area contributed by atoms with E-state index >= 15 is 0 Å². The van der Waals surface area contributed by atoms with Gasteiger partial charge in [-0.1, -0.05) is 52.9 Å². The first-order valence-corrected chi connectivity index (χ1v) is 5.51. The molecule has 1 fully saturated rings. The Hall–Kier alpha value is -0.0900. The molecule has 2 heteroatoms. The van der Waals surface area contributed by atoms with E-state index in [0.717, 1.165) is 15.4 Å². The zero-order valence-corrected chi connectivity index (χ0v) is 9.68. The zero-order chi connectivity index (χ0) is 9.97. The molecule has 5 radical (unpaired) electrons. The minimum atomic E-state index is -0.502. The van der Waals surface area contributed by atoms with Crippen LogP contribution in [0.2, 0.25) is 0 Å². The van der Waals surface area contributed by atoms with Crippen molar-refractivity contribution in [1.82, 2.24) is 0 Å². The Balaban J connectivity index is 2.12. The predicted molar refractivity (Wildman–Crippen MR) is 64.8 cm³/mol. The molecule has 0 heterocycles. The summed E-state index contributed by atoms with van der Waals surface area (Å²) in [7, 11) is 0. The Morgan fingerprint density at radius 2 is 1.79 bits per heavy atom. The van der Waals surface area contributed by atoms with Gasteiger partial charge in [0.05, 0.1) is 10.0 Å². The van der Waals surface area contributed by atoms with Gasteiger partial charge in [0.15, 0.2) is 0 Å². The van der Waals surface area contributed by atoms with Gasteiger partial charge in [0.2, 0.25) is 0 Å². The first-order chi connectivity index (χ1) is 6.79. The molecule has 0 aliphatic heterocycles. The average Bonchev–Trinajstić information content (AvgIpc) is 2.65. The Kier molecular flexibility index (Phi) is 3.44. The van der Waals surface area contributed by atoms with E-state index in [-0.39, 0.29) is 0 Å².